The van der Waals surface area contributed by atoms with Crippen molar-refractivity contribution in [3.8, 4) is 0 Å². The smallest absolute Gasteiger partial charge is 0.203 e. The maximum atomic E-state index is 6.25. The van der Waals surface area contributed by atoms with Gasteiger partial charge in [0.25, 0.3) is 0 Å². The SMILES string of the molecule is Cc1nnc2c(NCC(Cl)C3CC3)nccn12. The van der Waals surface area contributed by atoms with E-state index >= 15 is 0 Å². The molecule has 1 fully saturated rings. The van der Waals surface area contributed by atoms with Gasteiger partial charge in [0, 0.05) is 18.9 Å². The van der Waals surface area contributed by atoms with E-state index in [1.807, 2.05) is 17.5 Å². The number of rotatable bonds is 4. The summed E-state index contributed by atoms with van der Waals surface area (Å²) in [5.41, 5.74) is 0.754. The van der Waals surface area contributed by atoms with Crippen molar-refractivity contribution in [3.63, 3.8) is 0 Å². The molecular weight excluding hydrogens is 238 g/mol. The lowest BCUT2D eigenvalue weighted by Gasteiger charge is -2.10. The molecule has 1 saturated carbocycles. The zero-order chi connectivity index (χ0) is 11.8. The first kappa shape index (κ1) is 10.8. The van der Waals surface area contributed by atoms with Crippen LogP contribution in [0.25, 0.3) is 5.65 Å². The van der Waals surface area contributed by atoms with Gasteiger partial charge in [-0.2, -0.15) is 0 Å². The van der Waals surface area contributed by atoms with E-state index in [2.05, 4.69) is 20.5 Å². The van der Waals surface area contributed by atoms with Crippen LogP contribution in [-0.2, 0) is 0 Å². The third kappa shape index (κ3) is 2.07. The molecule has 1 N–H and O–H groups in total. The van der Waals surface area contributed by atoms with Gasteiger partial charge in [0.05, 0.1) is 5.38 Å². The number of aryl methyl sites for hydroxylation is 1. The van der Waals surface area contributed by atoms with Crippen molar-refractivity contribution in [1.82, 2.24) is 19.6 Å². The Morgan fingerprint density at radius 3 is 3.12 bits per heavy atom. The van der Waals surface area contributed by atoms with Crippen LogP contribution >= 0.6 is 11.6 Å². The lowest BCUT2D eigenvalue weighted by Crippen LogP contribution is -2.17. The number of nitrogens with zero attached hydrogens (tertiary/aromatic N) is 4. The Morgan fingerprint density at radius 2 is 2.35 bits per heavy atom. The molecule has 5 nitrogen and oxygen atoms in total. The first-order valence-electron chi connectivity index (χ1n) is 5.80. The summed E-state index contributed by atoms with van der Waals surface area (Å²) in [7, 11) is 0. The van der Waals surface area contributed by atoms with Crippen LogP contribution in [0.4, 0.5) is 5.82 Å². The van der Waals surface area contributed by atoms with E-state index in [9.17, 15) is 0 Å². The minimum Gasteiger partial charge on any atom is -0.365 e. The third-order valence-corrected chi connectivity index (χ3v) is 3.61. The summed E-state index contributed by atoms with van der Waals surface area (Å²) >= 11 is 6.25. The van der Waals surface area contributed by atoms with Gasteiger partial charge >= 0.3 is 0 Å². The van der Waals surface area contributed by atoms with Crippen molar-refractivity contribution in [3.05, 3.63) is 18.2 Å². The quantitative estimate of drug-likeness (QED) is 0.843. The van der Waals surface area contributed by atoms with Crippen LogP contribution in [-0.4, -0.2) is 31.5 Å². The first-order valence-corrected chi connectivity index (χ1v) is 6.23. The lowest BCUT2D eigenvalue weighted by molar-refractivity contribution is 0.768. The molecule has 0 saturated heterocycles. The Kier molecular flexibility index (Phi) is 2.63. The van der Waals surface area contributed by atoms with Gasteiger partial charge in [-0.1, -0.05) is 0 Å². The number of hydrogen-bond donors (Lipinski definition) is 1. The molecule has 2 aromatic heterocycles. The normalized spacial score (nSPS) is 17.3. The van der Waals surface area contributed by atoms with Crippen LogP contribution in [0.2, 0.25) is 0 Å². The van der Waals surface area contributed by atoms with Crippen molar-refractivity contribution in [1.29, 1.82) is 0 Å². The minimum absolute atomic E-state index is 0.182. The Morgan fingerprint density at radius 1 is 1.53 bits per heavy atom. The number of aromatic nitrogens is 4. The molecule has 17 heavy (non-hydrogen) atoms. The second kappa shape index (κ2) is 4.14. The fourth-order valence-electron chi connectivity index (χ4n) is 1.88. The molecule has 90 valence electrons. The average molecular weight is 252 g/mol. The highest BCUT2D eigenvalue weighted by Gasteiger charge is 2.29. The fourth-order valence-corrected chi connectivity index (χ4v) is 2.21. The van der Waals surface area contributed by atoms with E-state index < -0.39 is 0 Å². The molecule has 2 heterocycles. The summed E-state index contributed by atoms with van der Waals surface area (Å²) in [5, 5.41) is 11.6. The Hall–Kier alpha value is -1.36. The molecule has 1 aliphatic rings. The van der Waals surface area contributed by atoms with Gasteiger partial charge in [0.15, 0.2) is 5.82 Å². The second-order valence-electron chi connectivity index (χ2n) is 4.45. The molecule has 6 heteroatoms. The fraction of sp³-hybridized carbons (Fsp3) is 0.545. The highest BCUT2D eigenvalue weighted by atomic mass is 35.5. The number of halogens is 1. The molecule has 0 bridgehead atoms. The average Bonchev–Trinajstić information content (AvgIpc) is 3.12. The highest BCUT2D eigenvalue weighted by Crippen LogP contribution is 2.35. The van der Waals surface area contributed by atoms with E-state index in [1.54, 1.807) is 6.20 Å². The molecule has 2 aromatic rings. The molecule has 1 unspecified atom stereocenters. The van der Waals surface area contributed by atoms with Crippen LogP contribution in [0.5, 0.6) is 0 Å². The van der Waals surface area contributed by atoms with Crippen molar-refractivity contribution >= 4 is 23.1 Å². The van der Waals surface area contributed by atoms with Crippen molar-refractivity contribution in [2.45, 2.75) is 25.1 Å². The van der Waals surface area contributed by atoms with Crippen molar-refractivity contribution in [2.75, 3.05) is 11.9 Å². The van der Waals surface area contributed by atoms with Gasteiger partial charge in [0.2, 0.25) is 5.65 Å². The standard InChI is InChI=1S/C11H14ClN5/c1-7-15-16-11-10(13-4-5-17(7)11)14-6-9(12)8-2-3-8/h4-5,8-9H,2-3,6H2,1H3,(H,13,14). The van der Waals surface area contributed by atoms with E-state index in [-0.39, 0.29) is 5.38 Å². The summed E-state index contributed by atoms with van der Waals surface area (Å²) < 4.78 is 1.91. The topological polar surface area (TPSA) is 55.1 Å². The van der Waals surface area contributed by atoms with Gasteiger partial charge < -0.3 is 5.32 Å². The van der Waals surface area contributed by atoms with Crippen LogP contribution in [0, 0.1) is 12.8 Å². The van der Waals surface area contributed by atoms with Gasteiger partial charge in [-0.05, 0) is 25.7 Å². The number of anilines is 1. The Labute approximate surface area is 104 Å². The number of nitrogens with one attached hydrogen (secondary N) is 1. The molecule has 0 aliphatic heterocycles. The van der Waals surface area contributed by atoms with Gasteiger partial charge in [-0.3, -0.25) is 4.40 Å². The van der Waals surface area contributed by atoms with E-state index in [4.69, 9.17) is 11.6 Å². The van der Waals surface area contributed by atoms with Crippen LogP contribution < -0.4 is 5.32 Å². The molecular formula is C11H14ClN5. The zero-order valence-corrected chi connectivity index (χ0v) is 10.4. The largest absolute Gasteiger partial charge is 0.365 e. The van der Waals surface area contributed by atoms with Crippen LogP contribution in [0.3, 0.4) is 0 Å². The van der Waals surface area contributed by atoms with E-state index in [1.165, 1.54) is 12.8 Å². The number of alkyl halides is 1. The van der Waals surface area contributed by atoms with Gasteiger partial charge in [-0.25, -0.2) is 4.98 Å². The summed E-state index contributed by atoms with van der Waals surface area (Å²) in [6.07, 6.45) is 6.09. The Balaban J connectivity index is 1.79. The third-order valence-electron chi connectivity index (χ3n) is 3.10. The molecule has 0 spiro atoms. The van der Waals surface area contributed by atoms with Gasteiger partial charge in [-0.15, -0.1) is 21.8 Å². The predicted molar refractivity (Wildman–Crippen MR) is 66.4 cm³/mol. The zero-order valence-electron chi connectivity index (χ0n) is 9.60. The van der Waals surface area contributed by atoms with Gasteiger partial charge in [0.1, 0.15) is 5.82 Å². The van der Waals surface area contributed by atoms with Crippen LogP contribution in [0.15, 0.2) is 12.4 Å². The van der Waals surface area contributed by atoms with Crippen molar-refractivity contribution < 1.29 is 0 Å². The monoisotopic (exact) mass is 251 g/mol. The van der Waals surface area contributed by atoms with E-state index in [0.717, 1.165) is 23.8 Å². The summed E-state index contributed by atoms with van der Waals surface area (Å²) in [6, 6.07) is 0. The van der Waals surface area contributed by atoms with Crippen LogP contribution in [0.1, 0.15) is 18.7 Å². The number of fused-ring (bicyclic) bond motifs is 1. The summed E-state index contributed by atoms with van der Waals surface area (Å²) in [4.78, 5) is 4.28. The lowest BCUT2D eigenvalue weighted by atomic mass is 10.3. The highest BCUT2D eigenvalue weighted by molar-refractivity contribution is 6.21. The first-order chi connectivity index (χ1) is 8.25. The second-order valence-corrected chi connectivity index (χ2v) is 5.01. The molecule has 3 rings (SSSR count). The Bertz CT molecular complexity index is 534. The molecule has 0 radical (unpaired) electrons. The van der Waals surface area contributed by atoms with Crippen molar-refractivity contribution in [2.24, 2.45) is 5.92 Å². The number of hydrogen-bond acceptors (Lipinski definition) is 4. The van der Waals surface area contributed by atoms with E-state index in [0.29, 0.717) is 5.92 Å². The molecule has 0 amide bonds. The maximum absolute atomic E-state index is 6.25. The maximum Gasteiger partial charge on any atom is 0.203 e. The molecule has 1 atom stereocenters. The molecule has 0 aromatic carbocycles. The predicted octanol–water partition coefficient (Wildman–Crippen LogP) is 1.86. The minimum atomic E-state index is 0.182. The molecule has 1 aliphatic carbocycles. The summed E-state index contributed by atoms with van der Waals surface area (Å²) in [5.74, 6) is 2.28. The summed E-state index contributed by atoms with van der Waals surface area (Å²) in [6.45, 7) is 2.64.